The standard InChI is InChI=1S/C12H22N4/c1-10(8-15-5-3-4-6-15)16-9-14-7-12(16)11(2)13/h7,9-11H,3-6,8,13H2,1-2H3/t10?,11-/m1/s1. The normalized spacial score (nSPS) is 21.2. The number of nitrogens with two attached hydrogens (primary N) is 1. The molecule has 2 N–H and O–H groups in total. The van der Waals surface area contributed by atoms with Crippen molar-refractivity contribution in [3.05, 3.63) is 18.2 Å². The highest BCUT2D eigenvalue weighted by Crippen LogP contribution is 2.18. The monoisotopic (exact) mass is 222 g/mol. The summed E-state index contributed by atoms with van der Waals surface area (Å²) in [5, 5.41) is 0. The molecule has 1 fully saturated rings. The molecule has 4 nitrogen and oxygen atoms in total. The van der Waals surface area contributed by atoms with E-state index in [1.807, 2.05) is 19.4 Å². The Labute approximate surface area is 97.4 Å². The first-order valence-corrected chi connectivity index (χ1v) is 6.18. The summed E-state index contributed by atoms with van der Waals surface area (Å²) < 4.78 is 2.21. The first kappa shape index (κ1) is 11.6. The summed E-state index contributed by atoms with van der Waals surface area (Å²) in [6, 6.07) is 0.519. The van der Waals surface area contributed by atoms with Crippen molar-refractivity contribution < 1.29 is 0 Å². The lowest BCUT2D eigenvalue weighted by Crippen LogP contribution is -2.28. The molecule has 2 rings (SSSR count). The van der Waals surface area contributed by atoms with Gasteiger partial charge in [0.05, 0.1) is 12.0 Å². The van der Waals surface area contributed by atoms with E-state index in [0.717, 1.165) is 12.2 Å². The molecule has 0 radical (unpaired) electrons. The molecule has 90 valence electrons. The molecule has 2 atom stereocenters. The summed E-state index contributed by atoms with van der Waals surface area (Å²) in [6.45, 7) is 7.84. The highest BCUT2D eigenvalue weighted by atomic mass is 15.2. The van der Waals surface area contributed by atoms with E-state index >= 15 is 0 Å². The van der Waals surface area contributed by atoms with Gasteiger partial charge in [0.2, 0.25) is 0 Å². The lowest BCUT2D eigenvalue weighted by atomic mass is 10.2. The van der Waals surface area contributed by atoms with Gasteiger partial charge in [0.1, 0.15) is 0 Å². The Morgan fingerprint density at radius 3 is 2.69 bits per heavy atom. The van der Waals surface area contributed by atoms with Crippen LogP contribution >= 0.6 is 0 Å². The van der Waals surface area contributed by atoms with E-state index in [1.165, 1.54) is 25.9 Å². The van der Waals surface area contributed by atoms with Crippen LogP contribution in [0.5, 0.6) is 0 Å². The summed E-state index contributed by atoms with van der Waals surface area (Å²) >= 11 is 0. The second-order valence-corrected chi connectivity index (χ2v) is 4.87. The van der Waals surface area contributed by atoms with Gasteiger partial charge in [-0.1, -0.05) is 0 Å². The molecule has 4 heteroatoms. The molecule has 1 aromatic heterocycles. The molecule has 1 saturated heterocycles. The van der Waals surface area contributed by atoms with Crippen molar-refractivity contribution in [2.75, 3.05) is 19.6 Å². The molecular formula is C12H22N4. The maximum atomic E-state index is 5.93. The Morgan fingerprint density at radius 2 is 2.06 bits per heavy atom. The van der Waals surface area contributed by atoms with Crippen LogP contribution in [0, 0.1) is 0 Å². The number of nitrogens with zero attached hydrogens (tertiary/aromatic N) is 3. The van der Waals surface area contributed by atoms with E-state index in [4.69, 9.17) is 5.73 Å². The Morgan fingerprint density at radius 1 is 1.38 bits per heavy atom. The number of likely N-dealkylation sites (tertiary alicyclic amines) is 1. The van der Waals surface area contributed by atoms with Gasteiger partial charge in [0.25, 0.3) is 0 Å². The second kappa shape index (κ2) is 4.97. The topological polar surface area (TPSA) is 47.1 Å². The Bertz CT molecular complexity index is 326. The minimum Gasteiger partial charge on any atom is -0.329 e. The SMILES string of the molecule is CC(CN1CCCC1)n1cncc1[C@@H](C)N. The van der Waals surface area contributed by atoms with Crippen molar-refractivity contribution in [3.8, 4) is 0 Å². The molecule has 0 aliphatic carbocycles. The van der Waals surface area contributed by atoms with Crippen LogP contribution in [-0.4, -0.2) is 34.1 Å². The van der Waals surface area contributed by atoms with Gasteiger partial charge >= 0.3 is 0 Å². The molecule has 1 aromatic rings. The zero-order valence-electron chi connectivity index (χ0n) is 10.3. The summed E-state index contributed by atoms with van der Waals surface area (Å²) in [7, 11) is 0. The molecule has 1 unspecified atom stereocenters. The minimum absolute atomic E-state index is 0.0588. The second-order valence-electron chi connectivity index (χ2n) is 4.87. The predicted octanol–water partition coefficient (Wildman–Crippen LogP) is 1.56. The average molecular weight is 222 g/mol. The molecule has 1 aliphatic heterocycles. The Hall–Kier alpha value is -0.870. The van der Waals surface area contributed by atoms with Crippen molar-refractivity contribution >= 4 is 0 Å². The van der Waals surface area contributed by atoms with Crippen LogP contribution in [0.25, 0.3) is 0 Å². The Balaban J connectivity index is 2.01. The number of aromatic nitrogens is 2. The van der Waals surface area contributed by atoms with Crippen LogP contribution in [0.15, 0.2) is 12.5 Å². The van der Waals surface area contributed by atoms with Crippen LogP contribution in [0.1, 0.15) is 44.5 Å². The fourth-order valence-electron chi connectivity index (χ4n) is 2.46. The van der Waals surface area contributed by atoms with Gasteiger partial charge in [-0.25, -0.2) is 4.98 Å². The number of hydrogen-bond acceptors (Lipinski definition) is 3. The van der Waals surface area contributed by atoms with E-state index in [2.05, 4.69) is 21.4 Å². The van der Waals surface area contributed by atoms with Gasteiger partial charge in [0.15, 0.2) is 0 Å². The molecule has 0 aromatic carbocycles. The summed E-state index contributed by atoms with van der Waals surface area (Å²) in [5.74, 6) is 0. The lowest BCUT2D eigenvalue weighted by Gasteiger charge is -2.23. The molecule has 16 heavy (non-hydrogen) atoms. The van der Waals surface area contributed by atoms with Gasteiger partial charge in [-0.2, -0.15) is 0 Å². The van der Waals surface area contributed by atoms with E-state index in [-0.39, 0.29) is 6.04 Å². The first-order valence-electron chi connectivity index (χ1n) is 6.18. The van der Waals surface area contributed by atoms with Gasteiger partial charge in [-0.3, -0.25) is 0 Å². The summed E-state index contributed by atoms with van der Waals surface area (Å²) in [5.41, 5.74) is 7.06. The molecule has 2 heterocycles. The maximum absolute atomic E-state index is 5.93. The van der Waals surface area contributed by atoms with Crippen molar-refractivity contribution in [2.24, 2.45) is 5.73 Å². The van der Waals surface area contributed by atoms with Gasteiger partial charge < -0.3 is 15.2 Å². The van der Waals surface area contributed by atoms with Crippen LogP contribution < -0.4 is 5.73 Å². The van der Waals surface area contributed by atoms with Gasteiger partial charge in [-0.15, -0.1) is 0 Å². The molecular weight excluding hydrogens is 200 g/mol. The lowest BCUT2D eigenvalue weighted by molar-refractivity contribution is 0.284. The third kappa shape index (κ3) is 2.44. The van der Waals surface area contributed by atoms with Gasteiger partial charge in [0, 0.05) is 24.8 Å². The minimum atomic E-state index is 0.0588. The number of imidazole rings is 1. The number of rotatable bonds is 4. The zero-order valence-corrected chi connectivity index (χ0v) is 10.3. The summed E-state index contributed by atoms with van der Waals surface area (Å²) in [6.07, 6.45) is 6.47. The maximum Gasteiger partial charge on any atom is 0.0951 e. The van der Waals surface area contributed by atoms with E-state index in [9.17, 15) is 0 Å². The molecule has 0 amide bonds. The van der Waals surface area contributed by atoms with Crippen molar-refractivity contribution in [2.45, 2.75) is 38.8 Å². The van der Waals surface area contributed by atoms with Crippen LogP contribution in [-0.2, 0) is 0 Å². The van der Waals surface area contributed by atoms with E-state index in [1.54, 1.807) is 0 Å². The first-order chi connectivity index (χ1) is 7.68. The van der Waals surface area contributed by atoms with Gasteiger partial charge in [-0.05, 0) is 39.8 Å². The van der Waals surface area contributed by atoms with Crippen molar-refractivity contribution in [1.29, 1.82) is 0 Å². The third-order valence-electron chi connectivity index (χ3n) is 3.36. The van der Waals surface area contributed by atoms with Crippen LogP contribution in [0.3, 0.4) is 0 Å². The number of hydrogen-bond donors (Lipinski definition) is 1. The average Bonchev–Trinajstić information content (AvgIpc) is 2.86. The van der Waals surface area contributed by atoms with E-state index < -0.39 is 0 Å². The van der Waals surface area contributed by atoms with Crippen molar-refractivity contribution in [3.63, 3.8) is 0 Å². The largest absolute Gasteiger partial charge is 0.329 e. The highest BCUT2D eigenvalue weighted by Gasteiger charge is 2.17. The Kier molecular flexibility index (Phi) is 3.61. The highest BCUT2D eigenvalue weighted by molar-refractivity contribution is 5.04. The summed E-state index contributed by atoms with van der Waals surface area (Å²) in [4.78, 5) is 6.73. The predicted molar refractivity (Wildman–Crippen MR) is 65.2 cm³/mol. The van der Waals surface area contributed by atoms with Crippen molar-refractivity contribution in [1.82, 2.24) is 14.5 Å². The molecule has 0 saturated carbocycles. The quantitative estimate of drug-likeness (QED) is 0.841. The molecule has 1 aliphatic rings. The smallest absolute Gasteiger partial charge is 0.0951 e. The molecule has 0 bridgehead atoms. The third-order valence-corrected chi connectivity index (χ3v) is 3.36. The fraction of sp³-hybridized carbons (Fsp3) is 0.750. The fourth-order valence-corrected chi connectivity index (χ4v) is 2.46. The molecule has 0 spiro atoms. The van der Waals surface area contributed by atoms with Crippen LogP contribution in [0.2, 0.25) is 0 Å². The van der Waals surface area contributed by atoms with Crippen LogP contribution in [0.4, 0.5) is 0 Å². The van der Waals surface area contributed by atoms with E-state index in [0.29, 0.717) is 6.04 Å². The zero-order chi connectivity index (χ0) is 11.5.